The van der Waals surface area contributed by atoms with E-state index in [-0.39, 0.29) is 28.9 Å². The molecular formula is C27H38N4O. The summed E-state index contributed by atoms with van der Waals surface area (Å²) in [5.74, 6) is 5.63. The molecule has 4 saturated carbocycles. The number of anilines is 1. The van der Waals surface area contributed by atoms with Crippen LogP contribution >= 0.6 is 0 Å². The first-order valence-electron chi connectivity index (χ1n) is 13.1. The lowest BCUT2D eigenvalue weighted by molar-refractivity contribution is -0.127. The van der Waals surface area contributed by atoms with E-state index in [1.54, 1.807) is 12.3 Å². The molecule has 32 heavy (non-hydrogen) atoms. The fraction of sp³-hybridized carbons (Fsp3) is 0.778. The number of aromatic nitrogens is 2. The zero-order valence-corrected chi connectivity index (χ0v) is 19.7. The number of carbonyl (C=O) groups is 1. The van der Waals surface area contributed by atoms with Crippen LogP contribution in [-0.4, -0.2) is 15.9 Å². The molecule has 8 unspecified atom stereocenters. The number of hydrogen-bond donors (Lipinski definition) is 1. The molecular weight excluding hydrogens is 396 g/mol. The van der Waals surface area contributed by atoms with Crippen LogP contribution in [0.3, 0.4) is 0 Å². The fourth-order valence-electron chi connectivity index (χ4n) is 8.73. The summed E-state index contributed by atoms with van der Waals surface area (Å²) in [5.41, 5.74) is 0.376. The van der Waals surface area contributed by atoms with Crippen molar-refractivity contribution in [1.29, 1.82) is 5.26 Å². The Bertz CT molecular complexity index is 894. The Hall–Kier alpha value is -1.96. The topological polar surface area (TPSA) is 78.7 Å². The third kappa shape index (κ3) is 3.74. The molecule has 0 aliphatic heterocycles. The van der Waals surface area contributed by atoms with Crippen molar-refractivity contribution in [3.63, 3.8) is 0 Å². The average molecular weight is 435 g/mol. The summed E-state index contributed by atoms with van der Waals surface area (Å²) >= 11 is 0. The highest BCUT2D eigenvalue weighted by molar-refractivity contribution is 5.91. The molecule has 1 heterocycles. The maximum atomic E-state index is 13.3. The predicted molar refractivity (Wildman–Crippen MR) is 124 cm³/mol. The number of rotatable bonds is 4. The van der Waals surface area contributed by atoms with Gasteiger partial charge in [0.2, 0.25) is 11.9 Å². The molecule has 5 nitrogen and oxygen atoms in total. The minimum atomic E-state index is 0.0285. The summed E-state index contributed by atoms with van der Waals surface area (Å²) in [4.78, 5) is 21.6. The molecule has 0 radical (unpaired) electrons. The molecule has 4 aliphatic rings. The van der Waals surface area contributed by atoms with Gasteiger partial charge in [-0.15, -0.1) is 0 Å². The van der Waals surface area contributed by atoms with Gasteiger partial charge < -0.3 is 0 Å². The molecule has 8 atom stereocenters. The zero-order valence-electron chi connectivity index (χ0n) is 19.7. The summed E-state index contributed by atoms with van der Waals surface area (Å²) in [6.07, 6.45) is 16.1. The lowest BCUT2D eigenvalue weighted by Crippen LogP contribution is -2.49. The minimum Gasteiger partial charge on any atom is -0.294 e. The van der Waals surface area contributed by atoms with Crippen LogP contribution in [0.4, 0.5) is 5.95 Å². The van der Waals surface area contributed by atoms with Gasteiger partial charge in [0.15, 0.2) is 0 Å². The van der Waals surface area contributed by atoms with E-state index < -0.39 is 0 Å². The molecule has 5 heteroatoms. The highest BCUT2D eigenvalue weighted by Gasteiger charge is 2.58. The molecule has 1 aromatic heterocycles. The van der Waals surface area contributed by atoms with Crippen molar-refractivity contribution in [2.45, 2.75) is 84.5 Å². The van der Waals surface area contributed by atoms with Gasteiger partial charge >= 0.3 is 0 Å². The van der Waals surface area contributed by atoms with Gasteiger partial charge in [-0.2, -0.15) is 5.26 Å². The predicted octanol–water partition coefficient (Wildman–Crippen LogP) is 5.97. The standard InChI is InChI=1S/C27H38N4O/c1-3-4-17-5-7-20-18(15-17)6-8-22-21(20)11-13-27(2)23(22)9-10-24(27)25(32)31-26-29-14-12-19(16-28)30-26/h12,14,17-18,20-24H,3-11,13,15H2,1-2H3,(H,29,30,31,32). The maximum Gasteiger partial charge on any atom is 0.230 e. The third-order valence-corrected chi connectivity index (χ3v) is 10.1. The molecule has 0 bridgehead atoms. The minimum absolute atomic E-state index is 0.0285. The van der Waals surface area contributed by atoms with Crippen molar-refractivity contribution in [1.82, 2.24) is 9.97 Å². The van der Waals surface area contributed by atoms with E-state index in [4.69, 9.17) is 5.26 Å². The van der Waals surface area contributed by atoms with Gasteiger partial charge in [0, 0.05) is 12.1 Å². The van der Waals surface area contributed by atoms with E-state index in [1.165, 1.54) is 64.2 Å². The lowest BCUT2D eigenvalue weighted by Gasteiger charge is -2.56. The highest BCUT2D eigenvalue weighted by Crippen LogP contribution is 2.64. The average Bonchev–Trinajstić information content (AvgIpc) is 3.16. The molecule has 0 aromatic carbocycles. The van der Waals surface area contributed by atoms with Gasteiger partial charge in [0.05, 0.1) is 0 Å². The van der Waals surface area contributed by atoms with Crippen molar-refractivity contribution < 1.29 is 4.79 Å². The molecule has 172 valence electrons. The van der Waals surface area contributed by atoms with Crippen LogP contribution in [0.2, 0.25) is 0 Å². The Balaban J connectivity index is 1.28. The SMILES string of the molecule is CCCC1CCC2C(CCC3C2CCC2(C)C(C(=O)Nc4nccc(C#N)n4)CCC32)C1. The molecule has 1 amide bonds. The van der Waals surface area contributed by atoms with E-state index in [0.29, 0.717) is 5.92 Å². The smallest absolute Gasteiger partial charge is 0.230 e. The maximum absolute atomic E-state index is 13.3. The van der Waals surface area contributed by atoms with Crippen LogP contribution in [0.25, 0.3) is 0 Å². The van der Waals surface area contributed by atoms with Crippen molar-refractivity contribution in [2.24, 2.45) is 46.8 Å². The molecule has 5 rings (SSSR count). The zero-order chi connectivity index (χ0) is 22.3. The largest absolute Gasteiger partial charge is 0.294 e. The Morgan fingerprint density at radius 3 is 2.81 bits per heavy atom. The summed E-state index contributed by atoms with van der Waals surface area (Å²) in [5, 5.41) is 12.0. The summed E-state index contributed by atoms with van der Waals surface area (Å²) < 4.78 is 0. The second kappa shape index (κ2) is 8.76. The fourth-order valence-corrected chi connectivity index (χ4v) is 8.73. The van der Waals surface area contributed by atoms with Crippen LogP contribution in [0.15, 0.2) is 12.3 Å². The molecule has 1 N–H and O–H groups in total. The monoisotopic (exact) mass is 434 g/mol. The van der Waals surface area contributed by atoms with E-state index in [9.17, 15) is 4.79 Å². The first-order valence-corrected chi connectivity index (χ1v) is 13.1. The number of nitriles is 1. The number of carbonyl (C=O) groups excluding carboxylic acids is 1. The van der Waals surface area contributed by atoms with E-state index in [2.05, 4.69) is 29.1 Å². The Kier molecular flexibility index (Phi) is 5.99. The number of fused-ring (bicyclic) bond motifs is 5. The van der Waals surface area contributed by atoms with Crippen LogP contribution < -0.4 is 5.32 Å². The van der Waals surface area contributed by atoms with E-state index in [0.717, 1.165) is 36.0 Å². The van der Waals surface area contributed by atoms with Gasteiger partial charge in [-0.05, 0) is 98.4 Å². The molecule has 0 saturated heterocycles. The van der Waals surface area contributed by atoms with Gasteiger partial charge in [-0.1, -0.05) is 33.1 Å². The Labute approximate surface area is 192 Å². The first kappa shape index (κ1) is 21.9. The Morgan fingerprint density at radius 1 is 1.16 bits per heavy atom. The van der Waals surface area contributed by atoms with Crippen LogP contribution in [0, 0.1) is 58.2 Å². The number of amides is 1. The molecule has 4 aliphatic carbocycles. The lowest BCUT2D eigenvalue weighted by atomic mass is 9.49. The van der Waals surface area contributed by atoms with Crippen LogP contribution in [0.1, 0.15) is 90.2 Å². The van der Waals surface area contributed by atoms with E-state index in [1.807, 2.05) is 6.07 Å². The highest BCUT2D eigenvalue weighted by atomic mass is 16.2. The van der Waals surface area contributed by atoms with Crippen molar-refractivity contribution in [3.05, 3.63) is 18.0 Å². The van der Waals surface area contributed by atoms with Crippen LogP contribution in [-0.2, 0) is 4.79 Å². The quantitative estimate of drug-likeness (QED) is 0.633. The number of hydrogen-bond acceptors (Lipinski definition) is 4. The van der Waals surface area contributed by atoms with Gasteiger partial charge in [-0.3, -0.25) is 10.1 Å². The number of nitrogens with zero attached hydrogens (tertiary/aromatic N) is 3. The van der Waals surface area contributed by atoms with Crippen molar-refractivity contribution in [2.75, 3.05) is 5.32 Å². The Morgan fingerprint density at radius 2 is 2.00 bits per heavy atom. The van der Waals surface area contributed by atoms with Crippen LogP contribution in [0.5, 0.6) is 0 Å². The first-order chi connectivity index (χ1) is 15.5. The summed E-state index contributed by atoms with van der Waals surface area (Å²) in [6, 6.07) is 3.59. The van der Waals surface area contributed by atoms with Crippen molar-refractivity contribution in [3.8, 4) is 6.07 Å². The van der Waals surface area contributed by atoms with Gasteiger partial charge in [0.1, 0.15) is 11.8 Å². The second-order valence-corrected chi connectivity index (χ2v) is 11.4. The summed E-state index contributed by atoms with van der Waals surface area (Å²) in [6.45, 7) is 4.73. The van der Waals surface area contributed by atoms with Gasteiger partial charge in [-0.25, -0.2) is 9.97 Å². The molecule has 4 fully saturated rings. The molecule has 1 aromatic rings. The van der Waals surface area contributed by atoms with Gasteiger partial charge in [0.25, 0.3) is 0 Å². The third-order valence-electron chi connectivity index (χ3n) is 10.1. The normalized spacial score (nSPS) is 40.5. The van der Waals surface area contributed by atoms with Crippen molar-refractivity contribution >= 4 is 11.9 Å². The molecule has 0 spiro atoms. The second-order valence-electron chi connectivity index (χ2n) is 11.4. The van der Waals surface area contributed by atoms with E-state index >= 15 is 0 Å². The number of nitrogens with one attached hydrogen (secondary N) is 1. The summed E-state index contributed by atoms with van der Waals surface area (Å²) in [7, 11) is 0.